The van der Waals surface area contributed by atoms with Gasteiger partial charge in [-0.25, -0.2) is 12.8 Å². The van der Waals surface area contributed by atoms with E-state index in [-0.39, 0.29) is 41.6 Å². The van der Waals surface area contributed by atoms with Crippen molar-refractivity contribution in [3.8, 4) is 0 Å². The molecule has 2 atom stereocenters. The Morgan fingerprint density at radius 1 is 1.32 bits per heavy atom. The highest BCUT2D eigenvalue weighted by atomic mass is 32.2. The molecule has 6 heteroatoms. The Hall–Kier alpha value is -1.43. The van der Waals surface area contributed by atoms with Gasteiger partial charge in [0.05, 0.1) is 17.5 Å². The summed E-state index contributed by atoms with van der Waals surface area (Å²) in [4.78, 5) is 13.6. The Bertz CT molecular complexity index is 656. The van der Waals surface area contributed by atoms with E-state index in [9.17, 15) is 17.6 Å². The van der Waals surface area contributed by atoms with Crippen molar-refractivity contribution in [2.75, 3.05) is 16.4 Å². The number of nitrogens with zero attached hydrogens (tertiary/aromatic N) is 1. The Morgan fingerprint density at radius 2 is 2.05 bits per heavy atom. The molecule has 2 heterocycles. The number of amides is 1. The Kier molecular flexibility index (Phi) is 2.67. The van der Waals surface area contributed by atoms with Crippen molar-refractivity contribution in [2.45, 2.75) is 19.4 Å². The average molecular weight is 283 g/mol. The molecule has 0 aromatic heterocycles. The largest absolute Gasteiger partial charge is 0.308 e. The van der Waals surface area contributed by atoms with E-state index in [4.69, 9.17) is 0 Å². The number of carbonyl (C=O) groups excluding carboxylic acids is 1. The highest BCUT2D eigenvalue weighted by Gasteiger charge is 2.49. The first kappa shape index (κ1) is 12.6. The van der Waals surface area contributed by atoms with Crippen LogP contribution in [0.5, 0.6) is 0 Å². The zero-order chi connectivity index (χ0) is 13.8. The van der Waals surface area contributed by atoms with Gasteiger partial charge in [0.2, 0.25) is 5.91 Å². The molecule has 1 aromatic carbocycles. The lowest BCUT2D eigenvalue weighted by molar-refractivity contribution is -0.117. The highest BCUT2D eigenvalue weighted by Crippen LogP contribution is 2.38. The minimum Gasteiger partial charge on any atom is -0.308 e. The van der Waals surface area contributed by atoms with Crippen LogP contribution in [0.2, 0.25) is 0 Å². The first-order valence-corrected chi connectivity index (χ1v) is 7.98. The maximum absolute atomic E-state index is 13.1. The second-order valence-electron chi connectivity index (χ2n) is 5.30. The van der Waals surface area contributed by atoms with Crippen molar-refractivity contribution in [1.29, 1.82) is 0 Å². The molecule has 0 saturated carbocycles. The summed E-state index contributed by atoms with van der Waals surface area (Å²) in [6.07, 6.45) is 0.265. The van der Waals surface area contributed by atoms with Crippen molar-refractivity contribution in [3.63, 3.8) is 0 Å². The molecule has 4 nitrogen and oxygen atoms in total. The van der Waals surface area contributed by atoms with E-state index in [1.54, 1.807) is 17.9 Å². The predicted octanol–water partition coefficient (Wildman–Crippen LogP) is 1.28. The number of hydrogen-bond donors (Lipinski definition) is 0. The first-order chi connectivity index (χ1) is 8.87. The SMILES string of the molecule is Cc1cc(F)ccc1N1C(=O)C[C@H]2CS(=O)(=O)C[C@@H]21. The Morgan fingerprint density at radius 3 is 2.74 bits per heavy atom. The number of halogens is 1. The van der Waals surface area contributed by atoms with E-state index in [1.807, 2.05) is 0 Å². The second kappa shape index (κ2) is 4.03. The van der Waals surface area contributed by atoms with Crippen molar-refractivity contribution in [1.82, 2.24) is 0 Å². The molecule has 1 amide bonds. The number of fused-ring (bicyclic) bond motifs is 1. The summed E-state index contributed by atoms with van der Waals surface area (Å²) in [7, 11) is -3.06. The summed E-state index contributed by atoms with van der Waals surface area (Å²) in [6.45, 7) is 1.72. The fourth-order valence-corrected chi connectivity index (χ4v) is 5.16. The molecule has 2 aliphatic heterocycles. The van der Waals surface area contributed by atoms with Crippen LogP contribution < -0.4 is 4.90 Å². The molecule has 3 rings (SSSR count). The molecule has 2 fully saturated rings. The van der Waals surface area contributed by atoms with Gasteiger partial charge in [0, 0.05) is 18.0 Å². The van der Waals surface area contributed by atoms with E-state index in [1.165, 1.54) is 12.1 Å². The fraction of sp³-hybridized carbons (Fsp3) is 0.462. The Labute approximate surface area is 111 Å². The molecule has 0 radical (unpaired) electrons. The van der Waals surface area contributed by atoms with Crippen molar-refractivity contribution >= 4 is 21.4 Å². The van der Waals surface area contributed by atoms with Gasteiger partial charge in [0.1, 0.15) is 5.82 Å². The van der Waals surface area contributed by atoms with Crippen LogP contribution in [0.4, 0.5) is 10.1 Å². The van der Waals surface area contributed by atoms with E-state index in [0.29, 0.717) is 11.3 Å². The van der Waals surface area contributed by atoms with Gasteiger partial charge in [-0.05, 0) is 30.7 Å². The summed E-state index contributed by atoms with van der Waals surface area (Å²) in [5.74, 6) is -0.453. The van der Waals surface area contributed by atoms with Crippen molar-refractivity contribution < 1.29 is 17.6 Å². The van der Waals surface area contributed by atoms with Gasteiger partial charge in [-0.2, -0.15) is 0 Å². The Balaban J connectivity index is 2.02. The molecule has 2 saturated heterocycles. The number of aryl methyl sites for hydroxylation is 1. The maximum atomic E-state index is 13.1. The third-order valence-corrected chi connectivity index (χ3v) is 5.68. The third-order valence-electron chi connectivity index (χ3n) is 3.89. The number of hydrogen-bond acceptors (Lipinski definition) is 3. The van der Waals surface area contributed by atoms with Crippen LogP contribution in [-0.4, -0.2) is 31.9 Å². The molecule has 19 heavy (non-hydrogen) atoms. The standard InChI is InChI=1S/C13H14FNO3S/c1-8-4-10(14)2-3-11(8)15-12-7-19(17,18)6-9(12)5-13(15)16/h2-4,9,12H,5-7H2,1H3/t9-,12-/m0/s1. The molecular formula is C13H14FNO3S. The first-order valence-electron chi connectivity index (χ1n) is 6.16. The quantitative estimate of drug-likeness (QED) is 0.780. The second-order valence-corrected chi connectivity index (χ2v) is 7.46. The normalized spacial score (nSPS) is 28.7. The van der Waals surface area contributed by atoms with Gasteiger partial charge in [-0.15, -0.1) is 0 Å². The summed E-state index contributed by atoms with van der Waals surface area (Å²) >= 11 is 0. The number of rotatable bonds is 1. The van der Waals surface area contributed by atoms with Gasteiger partial charge in [0.25, 0.3) is 0 Å². The molecule has 2 aliphatic rings. The van der Waals surface area contributed by atoms with E-state index in [2.05, 4.69) is 0 Å². The molecule has 0 N–H and O–H groups in total. The maximum Gasteiger partial charge on any atom is 0.227 e. The van der Waals surface area contributed by atoms with Crippen LogP contribution in [0, 0.1) is 18.7 Å². The summed E-state index contributed by atoms with van der Waals surface area (Å²) in [6, 6.07) is 3.92. The number of anilines is 1. The van der Waals surface area contributed by atoms with Crippen molar-refractivity contribution in [3.05, 3.63) is 29.6 Å². The van der Waals surface area contributed by atoms with Gasteiger partial charge in [-0.1, -0.05) is 0 Å². The molecule has 1 aromatic rings. The van der Waals surface area contributed by atoms with Gasteiger partial charge in [0.15, 0.2) is 9.84 Å². The molecule has 0 bridgehead atoms. The van der Waals surface area contributed by atoms with Crippen molar-refractivity contribution in [2.24, 2.45) is 5.92 Å². The van der Waals surface area contributed by atoms with Crippen LogP contribution in [0.1, 0.15) is 12.0 Å². The average Bonchev–Trinajstić information content (AvgIpc) is 2.70. The fourth-order valence-electron chi connectivity index (χ4n) is 3.09. The molecule has 102 valence electrons. The molecular weight excluding hydrogens is 269 g/mol. The number of sulfone groups is 1. The smallest absolute Gasteiger partial charge is 0.227 e. The summed E-state index contributed by atoms with van der Waals surface area (Å²) in [5, 5.41) is 0. The molecule has 0 spiro atoms. The highest BCUT2D eigenvalue weighted by molar-refractivity contribution is 7.91. The van der Waals surface area contributed by atoms with Crippen LogP contribution in [0.15, 0.2) is 18.2 Å². The lowest BCUT2D eigenvalue weighted by Gasteiger charge is -2.25. The lowest BCUT2D eigenvalue weighted by atomic mass is 10.0. The van der Waals surface area contributed by atoms with E-state index in [0.717, 1.165) is 0 Å². The van der Waals surface area contributed by atoms with Gasteiger partial charge < -0.3 is 4.90 Å². The zero-order valence-corrected chi connectivity index (χ0v) is 11.3. The van der Waals surface area contributed by atoms with Crippen LogP contribution in [0.25, 0.3) is 0 Å². The minimum atomic E-state index is -3.06. The number of benzene rings is 1. The third kappa shape index (κ3) is 2.04. The topological polar surface area (TPSA) is 54.5 Å². The van der Waals surface area contributed by atoms with E-state index < -0.39 is 9.84 Å². The monoisotopic (exact) mass is 283 g/mol. The van der Waals surface area contributed by atoms with Crippen LogP contribution >= 0.6 is 0 Å². The van der Waals surface area contributed by atoms with Gasteiger partial charge in [-0.3, -0.25) is 4.79 Å². The van der Waals surface area contributed by atoms with E-state index >= 15 is 0 Å². The van der Waals surface area contributed by atoms with Crippen LogP contribution in [0.3, 0.4) is 0 Å². The van der Waals surface area contributed by atoms with Crippen LogP contribution in [-0.2, 0) is 14.6 Å². The minimum absolute atomic E-state index is 0.0141. The van der Waals surface area contributed by atoms with Gasteiger partial charge >= 0.3 is 0 Å². The zero-order valence-electron chi connectivity index (χ0n) is 10.5. The predicted molar refractivity (Wildman–Crippen MR) is 69.2 cm³/mol. The summed E-state index contributed by atoms with van der Waals surface area (Å²) in [5.41, 5.74) is 1.27. The molecule has 0 unspecified atom stereocenters. The number of carbonyl (C=O) groups is 1. The molecule has 0 aliphatic carbocycles. The summed E-state index contributed by atoms with van der Waals surface area (Å²) < 4.78 is 36.5. The lowest BCUT2D eigenvalue weighted by Crippen LogP contribution is -2.36.